The average molecular weight is 304 g/mol. The normalized spacial score (nSPS) is 21.3. The van der Waals surface area contributed by atoms with E-state index in [9.17, 15) is 4.79 Å². The molecule has 3 nitrogen and oxygen atoms in total. The molecular weight excluding hydrogens is 284 g/mol. The second-order valence-electron chi connectivity index (χ2n) is 6.49. The Kier molecular flexibility index (Phi) is 3.22. The number of amides is 1. The van der Waals surface area contributed by atoms with Gasteiger partial charge in [0.2, 0.25) is 5.91 Å². The molecule has 3 aromatic rings. The van der Waals surface area contributed by atoms with Gasteiger partial charge in [0.05, 0.1) is 5.54 Å². The third-order valence-corrected chi connectivity index (χ3v) is 5.08. The Morgan fingerprint density at radius 1 is 1.09 bits per heavy atom. The van der Waals surface area contributed by atoms with Crippen molar-refractivity contribution in [3.05, 3.63) is 71.9 Å². The quantitative estimate of drug-likeness (QED) is 0.773. The standard InChI is InChI=1S/C20H20N2O/c1-20(17-13-21-18-10-6-5-9-16(17)18)12-11-19(23)22(20)14-15-7-3-2-4-8-15/h2-10,13,21H,11-12,14H2,1H3. The number of para-hydroxylation sites is 1. The number of nitrogens with zero attached hydrogens (tertiary/aromatic N) is 1. The summed E-state index contributed by atoms with van der Waals surface area (Å²) in [4.78, 5) is 17.9. The molecule has 0 saturated carbocycles. The van der Waals surface area contributed by atoms with E-state index in [-0.39, 0.29) is 11.4 Å². The van der Waals surface area contributed by atoms with Crippen molar-refractivity contribution in [1.82, 2.24) is 9.88 Å². The van der Waals surface area contributed by atoms with Crippen LogP contribution in [0.3, 0.4) is 0 Å². The van der Waals surface area contributed by atoms with Gasteiger partial charge in [-0.05, 0) is 25.0 Å². The fourth-order valence-corrected chi connectivity index (χ4v) is 3.72. The molecule has 1 fully saturated rings. The van der Waals surface area contributed by atoms with Crippen LogP contribution in [0.1, 0.15) is 30.9 Å². The third-order valence-electron chi connectivity index (χ3n) is 5.08. The molecule has 1 N–H and O–H groups in total. The molecule has 0 radical (unpaired) electrons. The van der Waals surface area contributed by atoms with Crippen LogP contribution >= 0.6 is 0 Å². The topological polar surface area (TPSA) is 36.1 Å². The van der Waals surface area contributed by atoms with Gasteiger partial charge in [0, 0.05) is 35.6 Å². The minimum atomic E-state index is -0.257. The van der Waals surface area contributed by atoms with Gasteiger partial charge < -0.3 is 9.88 Å². The third kappa shape index (κ3) is 2.24. The fraction of sp³-hybridized carbons (Fsp3) is 0.250. The zero-order valence-corrected chi connectivity index (χ0v) is 13.3. The Bertz CT molecular complexity index is 852. The molecule has 1 aromatic heterocycles. The number of benzene rings is 2. The Morgan fingerprint density at radius 2 is 1.83 bits per heavy atom. The summed E-state index contributed by atoms with van der Waals surface area (Å²) in [5.41, 5.74) is 3.26. The van der Waals surface area contributed by atoms with E-state index in [2.05, 4.69) is 48.4 Å². The molecule has 4 rings (SSSR count). The van der Waals surface area contributed by atoms with Gasteiger partial charge >= 0.3 is 0 Å². The second-order valence-corrected chi connectivity index (χ2v) is 6.49. The molecule has 23 heavy (non-hydrogen) atoms. The van der Waals surface area contributed by atoms with Gasteiger partial charge in [-0.15, -0.1) is 0 Å². The summed E-state index contributed by atoms with van der Waals surface area (Å²) in [6.07, 6.45) is 3.55. The molecule has 2 aromatic carbocycles. The van der Waals surface area contributed by atoms with E-state index in [4.69, 9.17) is 0 Å². The van der Waals surface area contributed by atoms with Gasteiger partial charge in [-0.1, -0.05) is 48.5 Å². The first-order valence-corrected chi connectivity index (χ1v) is 8.09. The molecule has 0 bridgehead atoms. The van der Waals surface area contributed by atoms with Crippen molar-refractivity contribution in [2.45, 2.75) is 31.8 Å². The van der Waals surface area contributed by atoms with Gasteiger partial charge in [0.1, 0.15) is 0 Å². The summed E-state index contributed by atoms with van der Waals surface area (Å²) in [6.45, 7) is 2.85. The van der Waals surface area contributed by atoms with E-state index in [1.165, 1.54) is 16.5 Å². The number of aromatic nitrogens is 1. The van der Waals surface area contributed by atoms with Crippen molar-refractivity contribution in [3.63, 3.8) is 0 Å². The van der Waals surface area contributed by atoms with Crippen molar-refractivity contribution in [2.75, 3.05) is 0 Å². The van der Waals surface area contributed by atoms with Crippen LogP contribution in [0.5, 0.6) is 0 Å². The number of aromatic amines is 1. The van der Waals surface area contributed by atoms with Crippen LogP contribution in [0.4, 0.5) is 0 Å². The van der Waals surface area contributed by atoms with Gasteiger partial charge in [-0.25, -0.2) is 0 Å². The number of rotatable bonds is 3. The summed E-state index contributed by atoms with van der Waals surface area (Å²) < 4.78 is 0. The number of fused-ring (bicyclic) bond motifs is 1. The summed E-state index contributed by atoms with van der Waals surface area (Å²) in [5, 5.41) is 1.21. The Balaban J connectivity index is 1.77. The maximum atomic E-state index is 12.5. The number of hydrogen-bond acceptors (Lipinski definition) is 1. The van der Waals surface area contributed by atoms with Crippen molar-refractivity contribution in [1.29, 1.82) is 0 Å². The van der Waals surface area contributed by atoms with E-state index in [1.54, 1.807) is 0 Å². The highest BCUT2D eigenvalue weighted by atomic mass is 16.2. The van der Waals surface area contributed by atoms with Crippen LogP contribution in [-0.4, -0.2) is 15.8 Å². The Morgan fingerprint density at radius 3 is 2.65 bits per heavy atom. The van der Waals surface area contributed by atoms with Crippen molar-refractivity contribution in [3.8, 4) is 0 Å². The zero-order chi connectivity index (χ0) is 15.9. The van der Waals surface area contributed by atoms with E-state index in [0.29, 0.717) is 13.0 Å². The largest absolute Gasteiger partial charge is 0.361 e. The lowest BCUT2D eigenvalue weighted by molar-refractivity contribution is -0.131. The summed E-state index contributed by atoms with van der Waals surface area (Å²) >= 11 is 0. The van der Waals surface area contributed by atoms with Gasteiger partial charge in [-0.3, -0.25) is 4.79 Å². The van der Waals surface area contributed by atoms with Crippen molar-refractivity contribution >= 4 is 16.8 Å². The molecule has 2 heterocycles. The zero-order valence-electron chi connectivity index (χ0n) is 13.3. The Hall–Kier alpha value is -2.55. The van der Waals surface area contributed by atoms with Gasteiger partial charge in [0.15, 0.2) is 0 Å². The first kappa shape index (κ1) is 14.1. The number of carbonyl (C=O) groups excluding carboxylic acids is 1. The van der Waals surface area contributed by atoms with E-state index < -0.39 is 0 Å². The van der Waals surface area contributed by atoms with Gasteiger partial charge in [0.25, 0.3) is 0 Å². The smallest absolute Gasteiger partial charge is 0.223 e. The summed E-state index contributed by atoms with van der Waals surface area (Å²) in [5.74, 6) is 0.238. The molecule has 0 aliphatic carbocycles. The van der Waals surface area contributed by atoms with Crippen LogP contribution < -0.4 is 0 Å². The average Bonchev–Trinajstić information content (AvgIpc) is 3.13. The molecule has 1 unspecified atom stereocenters. The predicted molar refractivity (Wildman–Crippen MR) is 91.9 cm³/mol. The van der Waals surface area contributed by atoms with Crippen LogP contribution in [0, 0.1) is 0 Å². The molecular formula is C20H20N2O. The number of likely N-dealkylation sites (tertiary alicyclic amines) is 1. The van der Waals surface area contributed by atoms with Gasteiger partial charge in [-0.2, -0.15) is 0 Å². The fourth-order valence-electron chi connectivity index (χ4n) is 3.72. The van der Waals surface area contributed by atoms with Crippen LogP contribution in [0.15, 0.2) is 60.8 Å². The highest BCUT2D eigenvalue weighted by Crippen LogP contribution is 2.42. The molecule has 116 valence electrons. The second kappa shape index (κ2) is 5.27. The monoisotopic (exact) mass is 304 g/mol. The molecule has 3 heteroatoms. The highest BCUT2D eigenvalue weighted by Gasteiger charge is 2.43. The highest BCUT2D eigenvalue weighted by molar-refractivity contribution is 5.87. The number of carbonyl (C=O) groups is 1. The molecule has 1 atom stereocenters. The molecule has 1 amide bonds. The predicted octanol–water partition coefficient (Wildman–Crippen LogP) is 4.21. The first-order chi connectivity index (χ1) is 11.2. The lowest BCUT2D eigenvalue weighted by Crippen LogP contribution is -2.40. The van der Waals surface area contributed by atoms with Crippen molar-refractivity contribution < 1.29 is 4.79 Å². The van der Waals surface area contributed by atoms with Crippen LogP contribution in [0.2, 0.25) is 0 Å². The minimum absolute atomic E-state index is 0.238. The molecule has 1 saturated heterocycles. The van der Waals surface area contributed by atoms with Crippen LogP contribution in [0.25, 0.3) is 10.9 Å². The SMILES string of the molecule is CC1(c2c[nH]c3ccccc23)CCC(=O)N1Cc1ccccc1. The summed E-state index contributed by atoms with van der Waals surface area (Å²) in [6, 6.07) is 18.5. The Labute approximate surface area is 135 Å². The van der Waals surface area contributed by atoms with E-state index in [1.807, 2.05) is 29.2 Å². The number of hydrogen-bond donors (Lipinski definition) is 1. The minimum Gasteiger partial charge on any atom is -0.361 e. The molecule has 1 aliphatic heterocycles. The first-order valence-electron chi connectivity index (χ1n) is 8.09. The van der Waals surface area contributed by atoms with Crippen LogP contribution in [-0.2, 0) is 16.9 Å². The number of nitrogens with one attached hydrogen (secondary N) is 1. The lowest BCUT2D eigenvalue weighted by Gasteiger charge is -2.35. The molecule has 1 aliphatic rings. The summed E-state index contributed by atoms with van der Waals surface area (Å²) in [7, 11) is 0. The van der Waals surface area contributed by atoms with E-state index >= 15 is 0 Å². The lowest BCUT2D eigenvalue weighted by atomic mass is 9.88. The maximum absolute atomic E-state index is 12.5. The van der Waals surface area contributed by atoms with Crippen molar-refractivity contribution in [2.24, 2.45) is 0 Å². The maximum Gasteiger partial charge on any atom is 0.223 e. The number of H-pyrrole nitrogens is 1. The molecule has 0 spiro atoms. The van der Waals surface area contributed by atoms with E-state index in [0.717, 1.165) is 11.9 Å².